The molecule has 0 aliphatic heterocycles. The molecule has 3 aromatic rings. The zero-order chi connectivity index (χ0) is 20.6. The summed E-state index contributed by atoms with van der Waals surface area (Å²) in [6, 6.07) is 15.4. The normalized spacial score (nSPS) is 10.7. The minimum absolute atomic E-state index is 0.0254. The number of carbonyl (C=O) groups excluding carboxylic acids is 1. The Kier molecular flexibility index (Phi) is 7.03. The molecule has 0 saturated carbocycles. The molecule has 0 unspecified atom stereocenters. The lowest BCUT2D eigenvalue weighted by Gasteiger charge is -2.24. The molecule has 0 radical (unpaired) electrons. The molecule has 1 amide bonds. The molecule has 0 aliphatic rings. The Hall–Kier alpha value is -3.12. The van der Waals surface area contributed by atoms with Gasteiger partial charge in [-0.2, -0.15) is 0 Å². The summed E-state index contributed by atoms with van der Waals surface area (Å²) in [5, 5.41) is 0. The molecule has 6 heteroatoms. The summed E-state index contributed by atoms with van der Waals surface area (Å²) in [6.45, 7) is 1.69. The second-order valence-corrected chi connectivity index (χ2v) is 6.83. The molecule has 1 heterocycles. The first-order chi connectivity index (χ1) is 14.1. The third-order valence-corrected chi connectivity index (χ3v) is 4.79. The Morgan fingerprint density at radius 2 is 1.97 bits per heavy atom. The fourth-order valence-electron chi connectivity index (χ4n) is 3.30. The van der Waals surface area contributed by atoms with Crippen molar-refractivity contribution in [3.63, 3.8) is 0 Å². The van der Waals surface area contributed by atoms with Crippen LogP contribution in [0.25, 0.3) is 11.4 Å². The molecule has 0 spiro atoms. The van der Waals surface area contributed by atoms with E-state index in [1.807, 2.05) is 71.2 Å². The highest BCUT2D eigenvalue weighted by Gasteiger charge is 2.21. The van der Waals surface area contributed by atoms with Gasteiger partial charge in [-0.05, 0) is 30.2 Å². The van der Waals surface area contributed by atoms with Crippen molar-refractivity contribution in [2.24, 2.45) is 7.05 Å². The van der Waals surface area contributed by atoms with Crippen molar-refractivity contribution in [1.29, 1.82) is 0 Å². The van der Waals surface area contributed by atoms with Gasteiger partial charge in [-0.3, -0.25) is 4.79 Å². The zero-order valence-corrected chi connectivity index (χ0v) is 17.2. The van der Waals surface area contributed by atoms with Crippen LogP contribution < -0.4 is 4.74 Å². The van der Waals surface area contributed by atoms with Crippen molar-refractivity contribution in [2.45, 2.75) is 13.0 Å². The summed E-state index contributed by atoms with van der Waals surface area (Å²) in [5.74, 6) is 1.52. The van der Waals surface area contributed by atoms with E-state index in [9.17, 15) is 4.79 Å². The summed E-state index contributed by atoms with van der Waals surface area (Å²) in [4.78, 5) is 19.8. The van der Waals surface area contributed by atoms with E-state index in [1.54, 1.807) is 20.4 Å². The summed E-state index contributed by atoms with van der Waals surface area (Å²) < 4.78 is 12.4. The van der Waals surface area contributed by atoms with Gasteiger partial charge in [0.05, 0.1) is 12.7 Å². The van der Waals surface area contributed by atoms with E-state index < -0.39 is 0 Å². The number of benzene rings is 2. The van der Waals surface area contributed by atoms with Gasteiger partial charge >= 0.3 is 0 Å². The Morgan fingerprint density at radius 3 is 2.69 bits per heavy atom. The standard InChI is InChI=1S/C23H27N3O3/c1-25-14-12-24-22(25)20-10-4-5-11-21(20)23(27)26(13-7-15-28-2)17-18-8-6-9-19(16-18)29-3/h4-6,8-12,14,16H,7,13,15,17H2,1-3H3. The van der Waals surface area contributed by atoms with Crippen molar-refractivity contribution in [1.82, 2.24) is 14.5 Å². The number of imidazole rings is 1. The van der Waals surface area contributed by atoms with Crippen LogP contribution in [0.3, 0.4) is 0 Å². The van der Waals surface area contributed by atoms with E-state index in [2.05, 4.69) is 4.98 Å². The fourth-order valence-corrected chi connectivity index (χ4v) is 3.30. The van der Waals surface area contributed by atoms with Gasteiger partial charge in [-0.25, -0.2) is 4.98 Å². The second-order valence-electron chi connectivity index (χ2n) is 6.83. The molecule has 29 heavy (non-hydrogen) atoms. The molecule has 0 aliphatic carbocycles. The predicted octanol–water partition coefficient (Wildman–Crippen LogP) is 3.77. The lowest BCUT2D eigenvalue weighted by molar-refractivity contribution is 0.0724. The Balaban J connectivity index is 1.91. The highest BCUT2D eigenvalue weighted by molar-refractivity contribution is 6.00. The molecule has 0 fully saturated rings. The Morgan fingerprint density at radius 1 is 1.14 bits per heavy atom. The van der Waals surface area contributed by atoms with Gasteiger partial charge in [0.25, 0.3) is 5.91 Å². The van der Waals surface area contributed by atoms with Crippen molar-refractivity contribution < 1.29 is 14.3 Å². The molecular formula is C23H27N3O3. The molecule has 2 aromatic carbocycles. The van der Waals surface area contributed by atoms with Crippen LogP contribution in [-0.2, 0) is 18.3 Å². The van der Waals surface area contributed by atoms with Crippen LogP contribution in [0.2, 0.25) is 0 Å². The molecule has 6 nitrogen and oxygen atoms in total. The molecular weight excluding hydrogens is 366 g/mol. The third kappa shape index (κ3) is 5.03. The summed E-state index contributed by atoms with van der Waals surface area (Å²) >= 11 is 0. The van der Waals surface area contributed by atoms with Gasteiger partial charge in [0.15, 0.2) is 0 Å². The molecule has 0 atom stereocenters. The number of ether oxygens (including phenoxy) is 2. The number of amides is 1. The molecule has 0 N–H and O–H groups in total. The van der Waals surface area contributed by atoms with E-state index in [0.717, 1.165) is 29.1 Å². The zero-order valence-electron chi connectivity index (χ0n) is 17.2. The maximum Gasteiger partial charge on any atom is 0.254 e. The van der Waals surface area contributed by atoms with Crippen LogP contribution in [-0.4, -0.2) is 47.7 Å². The average Bonchev–Trinajstić information content (AvgIpc) is 3.18. The predicted molar refractivity (Wildman–Crippen MR) is 113 cm³/mol. The van der Waals surface area contributed by atoms with Crippen molar-refractivity contribution in [2.75, 3.05) is 27.4 Å². The topological polar surface area (TPSA) is 56.6 Å². The molecule has 3 rings (SSSR count). The van der Waals surface area contributed by atoms with E-state index in [1.165, 1.54) is 0 Å². The Labute approximate surface area is 171 Å². The van der Waals surface area contributed by atoms with Crippen LogP contribution in [0, 0.1) is 0 Å². The summed E-state index contributed by atoms with van der Waals surface area (Å²) in [5.41, 5.74) is 2.49. The third-order valence-electron chi connectivity index (χ3n) is 4.79. The van der Waals surface area contributed by atoms with Gasteiger partial charge in [0, 0.05) is 51.8 Å². The lowest BCUT2D eigenvalue weighted by atomic mass is 10.0. The largest absolute Gasteiger partial charge is 0.497 e. The van der Waals surface area contributed by atoms with Crippen LogP contribution >= 0.6 is 0 Å². The highest BCUT2D eigenvalue weighted by atomic mass is 16.5. The molecule has 152 valence electrons. The molecule has 1 aromatic heterocycles. The fraction of sp³-hybridized carbons (Fsp3) is 0.304. The van der Waals surface area contributed by atoms with Gasteiger partial charge < -0.3 is 18.9 Å². The van der Waals surface area contributed by atoms with Crippen molar-refractivity contribution in [3.8, 4) is 17.1 Å². The van der Waals surface area contributed by atoms with E-state index >= 15 is 0 Å². The minimum Gasteiger partial charge on any atom is -0.497 e. The smallest absolute Gasteiger partial charge is 0.254 e. The van der Waals surface area contributed by atoms with Crippen LogP contribution in [0.1, 0.15) is 22.3 Å². The van der Waals surface area contributed by atoms with Crippen LogP contribution in [0.15, 0.2) is 60.9 Å². The SMILES string of the molecule is COCCCN(Cc1cccc(OC)c1)C(=O)c1ccccc1-c1nccn1C. The summed E-state index contributed by atoms with van der Waals surface area (Å²) in [6.07, 6.45) is 4.38. The number of hydrogen-bond donors (Lipinski definition) is 0. The first-order valence-electron chi connectivity index (χ1n) is 9.62. The molecule has 0 saturated heterocycles. The Bertz CT molecular complexity index is 952. The van der Waals surface area contributed by atoms with Gasteiger partial charge in [-0.1, -0.05) is 30.3 Å². The monoisotopic (exact) mass is 393 g/mol. The number of methoxy groups -OCH3 is 2. The first-order valence-corrected chi connectivity index (χ1v) is 9.62. The highest BCUT2D eigenvalue weighted by Crippen LogP contribution is 2.24. The van der Waals surface area contributed by atoms with E-state index in [-0.39, 0.29) is 5.91 Å². The van der Waals surface area contributed by atoms with E-state index in [0.29, 0.717) is 25.3 Å². The van der Waals surface area contributed by atoms with Gasteiger partial charge in [-0.15, -0.1) is 0 Å². The lowest BCUT2D eigenvalue weighted by Crippen LogP contribution is -2.32. The average molecular weight is 393 g/mol. The quantitative estimate of drug-likeness (QED) is 0.519. The maximum atomic E-state index is 13.5. The van der Waals surface area contributed by atoms with E-state index in [4.69, 9.17) is 9.47 Å². The number of aromatic nitrogens is 2. The molecule has 0 bridgehead atoms. The number of carbonyl (C=O) groups is 1. The maximum absolute atomic E-state index is 13.5. The first kappa shape index (κ1) is 20.6. The van der Waals surface area contributed by atoms with Gasteiger partial charge in [0.2, 0.25) is 0 Å². The van der Waals surface area contributed by atoms with Crippen LogP contribution in [0.4, 0.5) is 0 Å². The number of nitrogens with zero attached hydrogens (tertiary/aromatic N) is 3. The van der Waals surface area contributed by atoms with Crippen molar-refractivity contribution >= 4 is 5.91 Å². The number of aryl methyl sites for hydroxylation is 1. The van der Waals surface area contributed by atoms with Crippen LogP contribution in [0.5, 0.6) is 5.75 Å². The second kappa shape index (κ2) is 9.89. The number of hydrogen-bond acceptors (Lipinski definition) is 4. The summed E-state index contributed by atoms with van der Waals surface area (Å²) in [7, 11) is 5.24. The van der Waals surface area contributed by atoms with Crippen molar-refractivity contribution in [3.05, 3.63) is 72.1 Å². The minimum atomic E-state index is -0.0254. The number of rotatable bonds is 9. The van der Waals surface area contributed by atoms with Gasteiger partial charge in [0.1, 0.15) is 11.6 Å².